The summed E-state index contributed by atoms with van der Waals surface area (Å²) in [7, 11) is 0. The Kier molecular flexibility index (Phi) is 2.19. The minimum Gasteiger partial charge on any atom is -0.357 e. The van der Waals surface area contributed by atoms with Gasteiger partial charge in [0.2, 0.25) is 0 Å². The fraction of sp³-hybridized carbons (Fsp3) is 0.333. The lowest BCUT2D eigenvalue weighted by atomic mass is 10.1. The number of nitrogens with one attached hydrogen (secondary N) is 2. The first kappa shape index (κ1) is 9.25. The Bertz CT molecular complexity index is 502. The van der Waals surface area contributed by atoms with Gasteiger partial charge in [-0.3, -0.25) is 0 Å². The van der Waals surface area contributed by atoms with E-state index >= 15 is 0 Å². The summed E-state index contributed by atoms with van der Waals surface area (Å²) in [5.74, 6) is 0. The van der Waals surface area contributed by atoms with Gasteiger partial charge >= 0.3 is 0 Å². The summed E-state index contributed by atoms with van der Waals surface area (Å²) < 4.78 is 0. The molecule has 0 saturated heterocycles. The predicted octanol–water partition coefficient (Wildman–Crippen LogP) is 2.86. The Morgan fingerprint density at radius 3 is 3.13 bits per heavy atom. The van der Waals surface area contributed by atoms with Crippen molar-refractivity contribution < 1.29 is 0 Å². The summed E-state index contributed by atoms with van der Waals surface area (Å²) >= 11 is 5.98. The van der Waals surface area contributed by atoms with Crippen LogP contribution in [0.5, 0.6) is 0 Å². The van der Waals surface area contributed by atoms with E-state index in [-0.39, 0.29) is 0 Å². The first-order valence-corrected chi connectivity index (χ1v) is 5.72. The molecule has 3 rings (SSSR count). The van der Waals surface area contributed by atoms with Crippen LogP contribution in [0.15, 0.2) is 18.2 Å². The van der Waals surface area contributed by atoms with Crippen molar-refractivity contribution in [3.05, 3.63) is 34.5 Å². The Hall–Kier alpha value is -0.990. The van der Waals surface area contributed by atoms with Gasteiger partial charge in [-0.2, -0.15) is 0 Å². The van der Waals surface area contributed by atoms with Crippen LogP contribution in [-0.4, -0.2) is 11.5 Å². The van der Waals surface area contributed by atoms with E-state index in [4.69, 9.17) is 11.6 Å². The van der Waals surface area contributed by atoms with Gasteiger partial charge < -0.3 is 10.3 Å². The van der Waals surface area contributed by atoms with E-state index in [1.807, 2.05) is 12.1 Å². The van der Waals surface area contributed by atoms with Crippen LogP contribution in [0.25, 0.3) is 10.9 Å². The molecule has 0 saturated carbocycles. The molecule has 1 aromatic heterocycles. The van der Waals surface area contributed by atoms with Crippen molar-refractivity contribution >= 4 is 22.5 Å². The highest BCUT2D eigenvalue weighted by Crippen LogP contribution is 2.27. The van der Waals surface area contributed by atoms with Crippen LogP contribution in [0.3, 0.4) is 0 Å². The van der Waals surface area contributed by atoms with Crippen LogP contribution in [0.4, 0.5) is 0 Å². The van der Waals surface area contributed by atoms with Crippen LogP contribution in [0.1, 0.15) is 17.7 Å². The SMILES string of the molecule is Clc1ccc2c3c([nH]c2c1)CNCCC3. The van der Waals surface area contributed by atoms with E-state index in [9.17, 15) is 0 Å². The third kappa shape index (κ3) is 1.54. The molecular formula is C12H13ClN2. The minimum atomic E-state index is 0.798. The highest BCUT2D eigenvalue weighted by atomic mass is 35.5. The second kappa shape index (κ2) is 3.54. The Balaban J connectivity index is 2.23. The van der Waals surface area contributed by atoms with Crippen LogP contribution in [0, 0.1) is 0 Å². The zero-order valence-electron chi connectivity index (χ0n) is 8.44. The van der Waals surface area contributed by atoms with Gasteiger partial charge in [-0.15, -0.1) is 0 Å². The van der Waals surface area contributed by atoms with Crippen molar-refractivity contribution in [2.24, 2.45) is 0 Å². The van der Waals surface area contributed by atoms with Gasteiger partial charge in [-0.25, -0.2) is 0 Å². The van der Waals surface area contributed by atoms with Crippen molar-refractivity contribution in [1.29, 1.82) is 0 Å². The lowest BCUT2D eigenvalue weighted by molar-refractivity contribution is 0.675. The number of aromatic nitrogens is 1. The highest BCUT2D eigenvalue weighted by molar-refractivity contribution is 6.31. The van der Waals surface area contributed by atoms with Crippen molar-refractivity contribution in [2.45, 2.75) is 19.4 Å². The number of H-pyrrole nitrogens is 1. The summed E-state index contributed by atoms with van der Waals surface area (Å²) in [6.07, 6.45) is 2.37. The fourth-order valence-electron chi connectivity index (χ4n) is 2.32. The molecule has 0 unspecified atom stereocenters. The maximum absolute atomic E-state index is 5.98. The van der Waals surface area contributed by atoms with Crippen LogP contribution >= 0.6 is 11.6 Å². The predicted molar refractivity (Wildman–Crippen MR) is 63.3 cm³/mol. The summed E-state index contributed by atoms with van der Waals surface area (Å²) in [5, 5.41) is 5.54. The van der Waals surface area contributed by atoms with Crippen LogP contribution < -0.4 is 5.32 Å². The normalized spacial score (nSPS) is 16.3. The molecule has 0 fully saturated rings. The van der Waals surface area contributed by atoms with E-state index in [0.717, 1.165) is 30.0 Å². The molecule has 0 spiro atoms. The van der Waals surface area contributed by atoms with Gasteiger partial charge in [0.1, 0.15) is 0 Å². The summed E-state index contributed by atoms with van der Waals surface area (Å²) in [4.78, 5) is 3.45. The Morgan fingerprint density at radius 2 is 2.20 bits per heavy atom. The van der Waals surface area contributed by atoms with Gasteiger partial charge in [0.25, 0.3) is 0 Å². The third-order valence-electron chi connectivity index (χ3n) is 3.04. The maximum Gasteiger partial charge on any atom is 0.0474 e. The average molecular weight is 221 g/mol. The summed E-state index contributed by atoms with van der Waals surface area (Å²) in [6.45, 7) is 2.05. The molecular weight excluding hydrogens is 208 g/mol. The van der Waals surface area contributed by atoms with Crippen molar-refractivity contribution in [3.8, 4) is 0 Å². The quantitative estimate of drug-likeness (QED) is 0.702. The van der Waals surface area contributed by atoms with Gasteiger partial charge in [-0.05, 0) is 37.1 Å². The molecule has 0 radical (unpaired) electrons. The molecule has 3 heteroatoms. The monoisotopic (exact) mass is 220 g/mol. The molecule has 2 heterocycles. The van der Waals surface area contributed by atoms with E-state index < -0.39 is 0 Å². The van der Waals surface area contributed by atoms with Gasteiger partial charge in [0, 0.05) is 28.2 Å². The zero-order valence-corrected chi connectivity index (χ0v) is 9.19. The topological polar surface area (TPSA) is 27.8 Å². The smallest absolute Gasteiger partial charge is 0.0474 e. The molecule has 0 amide bonds. The van der Waals surface area contributed by atoms with Crippen molar-refractivity contribution in [1.82, 2.24) is 10.3 Å². The molecule has 1 aliphatic heterocycles. The molecule has 1 aromatic carbocycles. The van der Waals surface area contributed by atoms with Gasteiger partial charge in [0.15, 0.2) is 0 Å². The minimum absolute atomic E-state index is 0.798. The van der Waals surface area contributed by atoms with Crippen LogP contribution in [0.2, 0.25) is 5.02 Å². The second-order valence-corrected chi connectivity index (χ2v) is 4.49. The number of benzene rings is 1. The Morgan fingerprint density at radius 1 is 1.27 bits per heavy atom. The standard InChI is InChI=1S/C12H13ClN2/c13-8-3-4-10-9-2-1-5-14-7-12(9)15-11(10)6-8/h3-4,6,14-15H,1-2,5,7H2. The molecule has 2 aromatic rings. The molecule has 78 valence electrons. The molecule has 0 atom stereocenters. The van der Waals surface area contributed by atoms with Crippen molar-refractivity contribution in [3.63, 3.8) is 0 Å². The molecule has 2 N–H and O–H groups in total. The molecule has 0 aliphatic carbocycles. The highest BCUT2D eigenvalue weighted by Gasteiger charge is 2.13. The van der Waals surface area contributed by atoms with Gasteiger partial charge in [0.05, 0.1) is 0 Å². The number of hydrogen-bond acceptors (Lipinski definition) is 1. The molecule has 2 nitrogen and oxygen atoms in total. The number of aryl methyl sites for hydroxylation is 1. The molecule has 15 heavy (non-hydrogen) atoms. The molecule has 0 bridgehead atoms. The van der Waals surface area contributed by atoms with Crippen molar-refractivity contribution in [2.75, 3.05) is 6.54 Å². The van der Waals surface area contributed by atoms with Gasteiger partial charge in [-0.1, -0.05) is 17.7 Å². The van der Waals surface area contributed by atoms with E-state index in [2.05, 4.69) is 16.4 Å². The number of halogens is 1. The summed E-state index contributed by atoms with van der Waals surface area (Å²) in [5.41, 5.74) is 3.95. The lowest BCUT2D eigenvalue weighted by Gasteiger charge is -1.97. The first-order chi connectivity index (χ1) is 7.34. The molecule has 1 aliphatic rings. The second-order valence-electron chi connectivity index (χ2n) is 4.05. The van der Waals surface area contributed by atoms with E-state index in [0.29, 0.717) is 0 Å². The maximum atomic E-state index is 5.98. The number of fused-ring (bicyclic) bond motifs is 3. The fourth-order valence-corrected chi connectivity index (χ4v) is 2.50. The zero-order chi connectivity index (χ0) is 10.3. The summed E-state index contributed by atoms with van der Waals surface area (Å²) in [6, 6.07) is 6.10. The third-order valence-corrected chi connectivity index (χ3v) is 3.27. The number of rotatable bonds is 0. The first-order valence-electron chi connectivity index (χ1n) is 5.34. The number of aromatic amines is 1. The van der Waals surface area contributed by atoms with E-state index in [1.54, 1.807) is 0 Å². The lowest BCUT2D eigenvalue weighted by Crippen LogP contribution is -2.12. The van der Waals surface area contributed by atoms with E-state index in [1.165, 1.54) is 23.1 Å². The number of hydrogen-bond donors (Lipinski definition) is 2. The average Bonchev–Trinajstić information content (AvgIpc) is 2.42. The largest absolute Gasteiger partial charge is 0.357 e. The van der Waals surface area contributed by atoms with Crippen LogP contribution in [-0.2, 0) is 13.0 Å². The Labute approximate surface area is 93.6 Å².